The fourth-order valence-corrected chi connectivity index (χ4v) is 2.26. The molecule has 0 fully saturated rings. The van der Waals surface area contributed by atoms with Gasteiger partial charge in [0, 0.05) is 17.5 Å². The maximum atomic E-state index is 11.7. The van der Waals surface area contributed by atoms with E-state index in [0.717, 1.165) is 11.1 Å². The Morgan fingerprint density at radius 1 is 1.17 bits per heavy atom. The Balaban J connectivity index is 1.80. The first-order chi connectivity index (χ1) is 11.1. The summed E-state index contributed by atoms with van der Waals surface area (Å²) in [6, 6.07) is 14.9. The van der Waals surface area contributed by atoms with Crippen LogP contribution in [0.25, 0.3) is 6.08 Å². The van der Waals surface area contributed by atoms with E-state index in [1.807, 2.05) is 48.5 Å². The summed E-state index contributed by atoms with van der Waals surface area (Å²) in [6.07, 6.45) is 1.66. The van der Waals surface area contributed by atoms with E-state index in [0.29, 0.717) is 23.3 Å². The molecule has 0 saturated carbocycles. The van der Waals surface area contributed by atoms with Gasteiger partial charge in [0.25, 0.3) is 0 Å². The molecule has 2 aromatic rings. The zero-order valence-electron chi connectivity index (χ0n) is 12.5. The number of esters is 1. The van der Waals surface area contributed by atoms with Gasteiger partial charge in [-0.25, -0.2) is 9.79 Å². The summed E-state index contributed by atoms with van der Waals surface area (Å²) in [5.41, 5.74) is 2.04. The molecule has 3 rings (SSSR count). The van der Waals surface area contributed by atoms with Crippen LogP contribution in [-0.2, 0) is 16.1 Å². The van der Waals surface area contributed by atoms with Crippen LogP contribution in [0.1, 0.15) is 18.1 Å². The van der Waals surface area contributed by atoms with Crippen molar-refractivity contribution in [3.63, 3.8) is 0 Å². The number of aliphatic imine (C=N–C) groups is 1. The molecule has 4 nitrogen and oxygen atoms in total. The molecular formula is C18H14ClNO3. The van der Waals surface area contributed by atoms with Crippen LogP contribution < -0.4 is 4.74 Å². The maximum Gasteiger partial charge on any atom is 0.363 e. The highest BCUT2D eigenvalue weighted by molar-refractivity contribution is 6.30. The van der Waals surface area contributed by atoms with Gasteiger partial charge in [-0.2, -0.15) is 0 Å². The van der Waals surface area contributed by atoms with Crippen molar-refractivity contribution >= 4 is 29.5 Å². The van der Waals surface area contributed by atoms with E-state index >= 15 is 0 Å². The van der Waals surface area contributed by atoms with Crippen molar-refractivity contribution in [2.75, 3.05) is 0 Å². The Morgan fingerprint density at radius 3 is 2.61 bits per heavy atom. The third-order valence-electron chi connectivity index (χ3n) is 3.25. The maximum absolute atomic E-state index is 11.7. The number of nitrogens with zero attached hydrogens (tertiary/aromatic N) is 1. The van der Waals surface area contributed by atoms with E-state index < -0.39 is 5.97 Å². The van der Waals surface area contributed by atoms with Crippen LogP contribution in [0.5, 0.6) is 5.75 Å². The van der Waals surface area contributed by atoms with Gasteiger partial charge in [-0.1, -0.05) is 41.9 Å². The van der Waals surface area contributed by atoms with Crippen LogP contribution >= 0.6 is 11.6 Å². The van der Waals surface area contributed by atoms with Crippen molar-refractivity contribution in [2.24, 2.45) is 4.99 Å². The highest BCUT2D eigenvalue weighted by Crippen LogP contribution is 2.24. The number of hydrogen-bond acceptors (Lipinski definition) is 4. The largest absolute Gasteiger partial charge is 0.488 e. The normalized spacial score (nSPS) is 15.5. The van der Waals surface area contributed by atoms with Crippen LogP contribution in [0.15, 0.2) is 59.2 Å². The second-order valence-corrected chi connectivity index (χ2v) is 5.44. The molecule has 116 valence electrons. The molecule has 0 aliphatic carbocycles. The van der Waals surface area contributed by atoms with Gasteiger partial charge in [0.2, 0.25) is 0 Å². The zero-order chi connectivity index (χ0) is 16.2. The second-order valence-electron chi connectivity index (χ2n) is 5.00. The topological polar surface area (TPSA) is 47.9 Å². The van der Waals surface area contributed by atoms with E-state index in [2.05, 4.69) is 4.99 Å². The van der Waals surface area contributed by atoms with E-state index in [1.54, 1.807) is 13.0 Å². The Labute approximate surface area is 139 Å². The second kappa shape index (κ2) is 6.67. The summed E-state index contributed by atoms with van der Waals surface area (Å²) < 4.78 is 10.8. The molecule has 0 saturated heterocycles. The minimum absolute atomic E-state index is 0.269. The lowest BCUT2D eigenvalue weighted by Crippen LogP contribution is -2.00. The predicted molar refractivity (Wildman–Crippen MR) is 89.4 cm³/mol. The number of benzene rings is 2. The standard InChI is InChI=1S/C18H14ClNO3/c1-12-20-16(18(21)23-12)10-14-4-2-3-5-17(14)22-11-13-6-8-15(19)9-7-13/h2-10H,11H2,1H3. The van der Waals surface area contributed by atoms with Crippen molar-refractivity contribution < 1.29 is 14.3 Å². The number of rotatable bonds is 4. The van der Waals surface area contributed by atoms with Gasteiger partial charge < -0.3 is 9.47 Å². The lowest BCUT2D eigenvalue weighted by molar-refractivity contribution is -0.130. The molecule has 0 spiro atoms. The number of ether oxygens (including phenoxy) is 2. The van der Waals surface area contributed by atoms with Crippen molar-refractivity contribution in [2.45, 2.75) is 13.5 Å². The number of halogens is 1. The van der Waals surface area contributed by atoms with Gasteiger partial charge in [-0.15, -0.1) is 0 Å². The van der Waals surface area contributed by atoms with Crippen LogP contribution in [0.4, 0.5) is 0 Å². The highest BCUT2D eigenvalue weighted by atomic mass is 35.5. The fourth-order valence-electron chi connectivity index (χ4n) is 2.14. The molecule has 0 amide bonds. The third-order valence-corrected chi connectivity index (χ3v) is 3.50. The molecule has 1 aliphatic rings. The van der Waals surface area contributed by atoms with E-state index in [9.17, 15) is 4.79 Å². The average Bonchev–Trinajstić information content (AvgIpc) is 2.86. The molecular weight excluding hydrogens is 314 g/mol. The first-order valence-corrected chi connectivity index (χ1v) is 7.45. The minimum Gasteiger partial charge on any atom is -0.488 e. The smallest absolute Gasteiger partial charge is 0.363 e. The van der Waals surface area contributed by atoms with Gasteiger partial charge in [0.15, 0.2) is 11.6 Å². The number of cyclic esters (lactones) is 1. The monoisotopic (exact) mass is 327 g/mol. The van der Waals surface area contributed by atoms with E-state index in [-0.39, 0.29) is 5.70 Å². The fraction of sp³-hybridized carbons (Fsp3) is 0.111. The minimum atomic E-state index is -0.449. The molecule has 1 aliphatic heterocycles. The summed E-state index contributed by atoms with van der Waals surface area (Å²) in [4.78, 5) is 15.7. The summed E-state index contributed by atoms with van der Waals surface area (Å²) >= 11 is 5.87. The van der Waals surface area contributed by atoms with Crippen molar-refractivity contribution in [1.82, 2.24) is 0 Å². The van der Waals surface area contributed by atoms with Crippen molar-refractivity contribution in [3.8, 4) is 5.75 Å². The molecule has 2 aromatic carbocycles. The van der Waals surface area contributed by atoms with Crippen LogP contribution in [0.2, 0.25) is 5.02 Å². The predicted octanol–water partition coefficient (Wildman–Crippen LogP) is 4.24. The lowest BCUT2D eigenvalue weighted by atomic mass is 10.1. The summed E-state index contributed by atoms with van der Waals surface area (Å²) in [7, 11) is 0. The average molecular weight is 328 g/mol. The Hall–Kier alpha value is -2.59. The molecule has 0 N–H and O–H groups in total. The van der Waals surface area contributed by atoms with Gasteiger partial charge in [0.05, 0.1) is 0 Å². The lowest BCUT2D eigenvalue weighted by Gasteiger charge is -2.09. The van der Waals surface area contributed by atoms with Crippen LogP contribution in [0, 0.1) is 0 Å². The number of hydrogen-bond donors (Lipinski definition) is 0. The molecule has 0 atom stereocenters. The van der Waals surface area contributed by atoms with Gasteiger partial charge >= 0.3 is 5.97 Å². The Bertz CT molecular complexity index is 794. The quantitative estimate of drug-likeness (QED) is 0.623. The van der Waals surface area contributed by atoms with Gasteiger partial charge in [-0.3, -0.25) is 0 Å². The SMILES string of the molecule is CC1=NC(=Cc2ccccc2OCc2ccc(Cl)cc2)C(=O)O1. The Morgan fingerprint density at radius 2 is 1.91 bits per heavy atom. The molecule has 0 bridgehead atoms. The Kier molecular flexibility index (Phi) is 4.44. The first-order valence-electron chi connectivity index (χ1n) is 7.07. The summed E-state index contributed by atoms with van der Waals surface area (Å²) in [6.45, 7) is 2.05. The van der Waals surface area contributed by atoms with Crippen LogP contribution in [-0.4, -0.2) is 11.9 Å². The zero-order valence-corrected chi connectivity index (χ0v) is 13.2. The number of para-hydroxylation sites is 1. The van der Waals surface area contributed by atoms with Crippen molar-refractivity contribution in [3.05, 3.63) is 70.4 Å². The van der Waals surface area contributed by atoms with Crippen LogP contribution in [0.3, 0.4) is 0 Å². The molecule has 1 heterocycles. The first kappa shape index (κ1) is 15.3. The molecule has 5 heteroatoms. The van der Waals surface area contributed by atoms with E-state index in [1.165, 1.54) is 0 Å². The summed E-state index contributed by atoms with van der Waals surface area (Å²) in [5, 5.41) is 0.687. The van der Waals surface area contributed by atoms with E-state index in [4.69, 9.17) is 21.1 Å². The molecule has 0 radical (unpaired) electrons. The number of carbonyl (C=O) groups is 1. The van der Waals surface area contributed by atoms with Crippen molar-refractivity contribution in [1.29, 1.82) is 0 Å². The summed E-state index contributed by atoms with van der Waals surface area (Å²) in [5.74, 6) is 0.568. The van der Waals surface area contributed by atoms with Gasteiger partial charge in [-0.05, 0) is 29.8 Å². The molecule has 23 heavy (non-hydrogen) atoms. The third kappa shape index (κ3) is 3.79. The highest BCUT2D eigenvalue weighted by Gasteiger charge is 2.20. The molecule has 0 aromatic heterocycles. The molecule has 0 unspecified atom stereocenters. The van der Waals surface area contributed by atoms with Gasteiger partial charge in [0.1, 0.15) is 12.4 Å². The number of carbonyl (C=O) groups excluding carboxylic acids is 1.